The van der Waals surface area contributed by atoms with Gasteiger partial charge in [0.1, 0.15) is 0 Å². The molecule has 102 valence electrons. The largest absolute Gasteiger partial charge is 0.478 e. The topological polar surface area (TPSA) is 78.4 Å². The molecule has 0 unspecified atom stereocenters. The zero-order chi connectivity index (χ0) is 13.8. The van der Waals surface area contributed by atoms with Crippen LogP contribution in [0, 0.1) is 5.92 Å². The molecule has 0 bridgehead atoms. The van der Waals surface area contributed by atoms with Crippen molar-refractivity contribution in [2.75, 3.05) is 18.4 Å². The van der Waals surface area contributed by atoms with Crippen molar-refractivity contribution in [2.45, 2.75) is 12.8 Å². The van der Waals surface area contributed by atoms with Crippen LogP contribution in [-0.2, 0) is 4.79 Å². The van der Waals surface area contributed by atoms with Crippen LogP contribution < -0.4 is 10.6 Å². The fourth-order valence-electron chi connectivity index (χ4n) is 2.06. The lowest BCUT2D eigenvalue weighted by Crippen LogP contribution is -2.37. The van der Waals surface area contributed by atoms with Crippen LogP contribution in [0.15, 0.2) is 22.7 Å². The Morgan fingerprint density at radius 3 is 2.79 bits per heavy atom. The maximum absolute atomic E-state index is 12.1. The molecular weight excluding hydrogens is 312 g/mol. The van der Waals surface area contributed by atoms with Gasteiger partial charge >= 0.3 is 5.97 Å². The molecule has 3 N–H and O–H groups in total. The number of carbonyl (C=O) groups excluding carboxylic acids is 1. The number of carboxylic acids is 1. The van der Waals surface area contributed by atoms with Crippen LogP contribution in [0.2, 0.25) is 0 Å². The van der Waals surface area contributed by atoms with Gasteiger partial charge in [-0.2, -0.15) is 0 Å². The molecule has 0 aliphatic carbocycles. The Bertz CT molecular complexity index is 499. The van der Waals surface area contributed by atoms with Crippen molar-refractivity contribution in [3.8, 4) is 0 Å². The minimum Gasteiger partial charge on any atom is -0.478 e. The van der Waals surface area contributed by atoms with Crippen molar-refractivity contribution in [1.82, 2.24) is 5.32 Å². The van der Waals surface area contributed by atoms with Gasteiger partial charge in [0.25, 0.3) is 0 Å². The summed E-state index contributed by atoms with van der Waals surface area (Å²) in [6.45, 7) is 1.65. The van der Waals surface area contributed by atoms with Crippen LogP contribution in [0.25, 0.3) is 0 Å². The lowest BCUT2D eigenvalue weighted by Gasteiger charge is -2.22. The number of carboxylic acid groups (broad SMARTS) is 1. The SMILES string of the molecule is O=C(O)c1ccc(NC(=O)[C@@H]2CCCNC2)c(Br)c1. The Hall–Kier alpha value is -1.40. The minimum atomic E-state index is -0.991. The van der Waals surface area contributed by atoms with Gasteiger partial charge in [0.15, 0.2) is 0 Å². The third kappa shape index (κ3) is 3.54. The summed E-state index contributed by atoms with van der Waals surface area (Å²) in [5.74, 6) is -1.05. The van der Waals surface area contributed by atoms with Crippen LogP contribution in [0.3, 0.4) is 0 Å². The Morgan fingerprint density at radius 1 is 1.42 bits per heavy atom. The van der Waals surface area contributed by atoms with E-state index in [0.717, 1.165) is 19.4 Å². The molecule has 5 nitrogen and oxygen atoms in total. The van der Waals surface area contributed by atoms with Gasteiger partial charge in [-0.3, -0.25) is 4.79 Å². The molecule has 6 heteroatoms. The highest BCUT2D eigenvalue weighted by molar-refractivity contribution is 9.10. The van der Waals surface area contributed by atoms with E-state index in [0.29, 0.717) is 16.7 Å². The molecule has 1 aromatic rings. The number of piperidine rings is 1. The average molecular weight is 327 g/mol. The monoisotopic (exact) mass is 326 g/mol. The van der Waals surface area contributed by atoms with Gasteiger partial charge in [0, 0.05) is 11.0 Å². The van der Waals surface area contributed by atoms with Crippen molar-refractivity contribution in [3.63, 3.8) is 0 Å². The molecule has 1 aliphatic heterocycles. The number of halogens is 1. The maximum Gasteiger partial charge on any atom is 0.335 e. The first-order chi connectivity index (χ1) is 9.08. The molecule has 0 aromatic heterocycles. The molecule has 1 aliphatic rings. The molecule has 2 rings (SSSR count). The van der Waals surface area contributed by atoms with Gasteiger partial charge in [-0.25, -0.2) is 4.79 Å². The van der Waals surface area contributed by atoms with Crippen LogP contribution in [0.5, 0.6) is 0 Å². The smallest absolute Gasteiger partial charge is 0.335 e. The van der Waals surface area contributed by atoms with Gasteiger partial charge in [-0.1, -0.05) is 0 Å². The standard InChI is InChI=1S/C13H15BrN2O3/c14-10-6-8(13(18)19)3-4-11(10)16-12(17)9-2-1-5-15-7-9/h3-4,6,9,15H,1-2,5,7H2,(H,16,17)(H,18,19)/t9-/m1/s1. The van der Waals surface area contributed by atoms with E-state index >= 15 is 0 Å². The van der Waals surface area contributed by atoms with Crippen molar-refractivity contribution < 1.29 is 14.7 Å². The Kier molecular flexibility index (Phi) is 4.55. The van der Waals surface area contributed by atoms with Crippen LogP contribution in [0.4, 0.5) is 5.69 Å². The second-order valence-corrected chi connectivity index (χ2v) is 5.39. The number of carbonyl (C=O) groups is 2. The van der Waals surface area contributed by atoms with E-state index in [1.165, 1.54) is 12.1 Å². The van der Waals surface area contributed by atoms with E-state index in [1.54, 1.807) is 6.07 Å². The summed E-state index contributed by atoms with van der Waals surface area (Å²) in [7, 11) is 0. The summed E-state index contributed by atoms with van der Waals surface area (Å²) in [6.07, 6.45) is 1.88. The van der Waals surface area contributed by atoms with E-state index in [9.17, 15) is 9.59 Å². The average Bonchev–Trinajstić information content (AvgIpc) is 2.41. The Morgan fingerprint density at radius 2 is 2.21 bits per heavy atom. The van der Waals surface area contributed by atoms with Crippen molar-refractivity contribution in [3.05, 3.63) is 28.2 Å². The minimum absolute atomic E-state index is 0.0280. The predicted molar refractivity (Wildman–Crippen MR) is 75.3 cm³/mol. The predicted octanol–water partition coefficient (Wildman–Crippen LogP) is 2.09. The number of hydrogen-bond acceptors (Lipinski definition) is 3. The van der Waals surface area contributed by atoms with Gasteiger partial charge in [0.2, 0.25) is 5.91 Å². The molecular formula is C13H15BrN2O3. The maximum atomic E-state index is 12.1. The van der Waals surface area contributed by atoms with E-state index in [4.69, 9.17) is 5.11 Å². The Balaban J connectivity index is 2.06. The fourth-order valence-corrected chi connectivity index (χ4v) is 2.54. The summed E-state index contributed by atoms with van der Waals surface area (Å²) in [4.78, 5) is 22.9. The normalized spacial score (nSPS) is 18.9. The van der Waals surface area contributed by atoms with Gasteiger partial charge in [-0.15, -0.1) is 0 Å². The van der Waals surface area contributed by atoms with E-state index in [1.807, 2.05) is 0 Å². The molecule has 1 amide bonds. The van der Waals surface area contributed by atoms with Crippen LogP contribution >= 0.6 is 15.9 Å². The van der Waals surface area contributed by atoms with E-state index < -0.39 is 5.97 Å². The number of amides is 1. The summed E-state index contributed by atoms with van der Waals surface area (Å²) < 4.78 is 0.574. The van der Waals surface area contributed by atoms with Crippen molar-refractivity contribution in [2.24, 2.45) is 5.92 Å². The van der Waals surface area contributed by atoms with E-state index in [2.05, 4.69) is 26.6 Å². The lowest BCUT2D eigenvalue weighted by molar-refractivity contribution is -0.120. The molecule has 0 radical (unpaired) electrons. The first-order valence-corrected chi connectivity index (χ1v) is 6.91. The third-order valence-electron chi connectivity index (χ3n) is 3.14. The molecule has 0 spiro atoms. The van der Waals surface area contributed by atoms with Gasteiger partial charge in [0.05, 0.1) is 17.2 Å². The number of nitrogens with one attached hydrogen (secondary N) is 2. The molecule has 1 fully saturated rings. The number of benzene rings is 1. The summed E-state index contributed by atoms with van der Waals surface area (Å²) >= 11 is 3.27. The van der Waals surface area contributed by atoms with Crippen molar-refractivity contribution >= 4 is 33.5 Å². The molecule has 19 heavy (non-hydrogen) atoms. The van der Waals surface area contributed by atoms with Crippen LogP contribution in [0.1, 0.15) is 23.2 Å². The quantitative estimate of drug-likeness (QED) is 0.794. The highest BCUT2D eigenvalue weighted by atomic mass is 79.9. The first kappa shape index (κ1) is 14.0. The number of anilines is 1. The zero-order valence-electron chi connectivity index (χ0n) is 10.3. The van der Waals surface area contributed by atoms with Gasteiger partial charge < -0.3 is 15.7 Å². The second-order valence-electron chi connectivity index (χ2n) is 4.53. The number of rotatable bonds is 3. The molecule has 0 saturated carbocycles. The number of aromatic carboxylic acids is 1. The van der Waals surface area contributed by atoms with Crippen LogP contribution in [-0.4, -0.2) is 30.1 Å². The lowest BCUT2D eigenvalue weighted by atomic mass is 9.99. The Labute approximate surface area is 119 Å². The summed E-state index contributed by atoms with van der Waals surface area (Å²) in [5.41, 5.74) is 0.782. The molecule has 1 heterocycles. The summed E-state index contributed by atoms with van der Waals surface area (Å²) in [5, 5.41) is 14.9. The fraction of sp³-hybridized carbons (Fsp3) is 0.385. The number of hydrogen-bond donors (Lipinski definition) is 3. The molecule has 1 atom stereocenters. The van der Waals surface area contributed by atoms with Gasteiger partial charge in [-0.05, 0) is 53.5 Å². The van der Waals surface area contributed by atoms with E-state index in [-0.39, 0.29) is 17.4 Å². The molecule has 1 aromatic carbocycles. The van der Waals surface area contributed by atoms with Crippen molar-refractivity contribution in [1.29, 1.82) is 0 Å². The third-order valence-corrected chi connectivity index (χ3v) is 3.80. The highest BCUT2D eigenvalue weighted by Gasteiger charge is 2.21. The first-order valence-electron chi connectivity index (χ1n) is 6.12. The molecule has 1 saturated heterocycles. The zero-order valence-corrected chi connectivity index (χ0v) is 11.9. The highest BCUT2D eigenvalue weighted by Crippen LogP contribution is 2.25. The summed E-state index contributed by atoms with van der Waals surface area (Å²) in [6, 6.07) is 4.56. The second kappa shape index (κ2) is 6.16.